The van der Waals surface area contributed by atoms with Crippen LogP contribution in [0.4, 0.5) is 15.0 Å². The van der Waals surface area contributed by atoms with E-state index in [1.807, 2.05) is 13.8 Å². The number of carbonyl (C=O) groups is 1. The number of hydrogen-bond donors (Lipinski definition) is 2. The van der Waals surface area contributed by atoms with E-state index in [0.717, 1.165) is 5.69 Å². The molecule has 0 fully saturated rings. The number of ether oxygens (including phenoxy) is 1. The van der Waals surface area contributed by atoms with E-state index in [1.54, 1.807) is 37.0 Å². The summed E-state index contributed by atoms with van der Waals surface area (Å²) < 4.78 is 20.9. The fraction of sp³-hybridized carbons (Fsp3) is 0.444. The second-order valence-electron chi connectivity index (χ2n) is 6.68. The Morgan fingerprint density at radius 1 is 1.42 bits per heavy atom. The normalized spacial score (nSPS) is 11.5. The minimum Gasteiger partial charge on any atom is -0.384 e. The number of urea groups is 1. The van der Waals surface area contributed by atoms with Gasteiger partial charge in [0, 0.05) is 38.6 Å². The molecule has 26 heavy (non-hydrogen) atoms. The number of nitrogens with one attached hydrogen (secondary N) is 2. The van der Waals surface area contributed by atoms with Crippen molar-refractivity contribution >= 4 is 23.4 Å². The summed E-state index contributed by atoms with van der Waals surface area (Å²) in [5, 5.41) is 9.89. The molecule has 0 aliphatic rings. The van der Waals surface area contributed by atoms with E-state index in [2.05, 4.69) is 15.7 Å². The van der Waals surface area contributed by atoms with Crippen molar-refractivity contribution in [3.8, 4) is 0 Å². The Labute approximate surface area is 157 Å². The van der Waals surface area contributed by atoms with Crippen LogP contribution >= 0.6 is 11.6 Å². The molecule has 2 amide bonds. The van der Waals surface area contributed by atoms with Crippen LogP contribution < -0.4 is 10.6 Å². The summed E-state index contributed by atoms with van der Waals surface area (Å²) in [7, 11) is 3.37. The fourth-order valence-electron chi connectivity index (χ4n) is 2.56. The molecule has 0 spiro atoms. The lowest BCUT2D eigenvalue weighted by Crippen LogP contribution is -2.39. The van der Waals surface area contributed by atoms with Gasteiger partial charge in [-0.15, -0.1) is 0 Å². The predicted octanol–water partition coefficient (Wildman–Crippen LogP) is 3.50. The van der Waals surface area contributed by atoms with Crippen LogP contribution in [0.2, 0.25) is 5.02 Å². The molecule has 2 N–H and O–H groups in total. The lowest BCUT2D eigenvalue weighted by molar-refractivity contribution is 0.201. The molecule has 0 radical (unpaired) electrons. The van der Waals surface area contributed by atoms with E-state index < -0.39 is 11.2 Å². The first-order valence-electron chi connectivity index (χ1n) is 8.26. The summed E-state index contributed by atoms with van der Waals surface area (Å²) in [4.78, 5) is 12.2. The van der Waals surface area contributed by atoms with Gasteiger partial charge in [-0.05, 0) is 11.6 Å². The summed E-state index contributed by atoms with van der Waals surface area (Å²) in [5.41, 5.74) is 0.654. The number of rotatable bonds is 7. The Kier molecular flexibility index (Phi) is 6.61. The van der Waals surface area contributed by atoms with Crippen molar-refractivity contribution in [2.24, 2.45) is 7.05 Å². The average molecular weight is 383 g/mol. The summed E-state index contributed by atoms with van der Waals surface area (Å²) in [6.07, 6.45) is 0.661. The standard InChI is InChI=1S/C18H24ClFN4O2/c1-18(2,13-6-5-7-14(19)16(13)20)11-21-17(25)22-15-10-12(8-9-26-4)23-24(15)3/h5-7,10H,8-9,11H2,1-4H3,(H2,21,22,25). The van der Waals surface area contributed by atoms with Crippen LogP contribution in [0.15, 0.2) is 24.3 Å². The molecule has 0 saturated carbocycles. The molecule has 142 valence electrons. The number of halogens is 2. The van der Waals surface area contributed by atoms with Crippen molar-refractivity contribution in [1.29, 1.82) is 0 Å². The van der Waals surface area contributed by atoms with Crippen molar-refractivity contribution in [3.05, 3.63) is 46.4 Å². The topological polar surface area (TPSA) is 68.2 Å². The number of benzene rings is 1. The van der Waals surface area contributed by atoms with E-state index in [4.69, 9.17) is 16.3 Å². The molecule has 8 heteroatoms. The van der Waals surface area contributed by atoms with Crippen LogP contribution in [0.1, 0.15) is 25.1 Å². The minimum atomic E-state index is -0.623. The lowest BCUT2D eigenvalue weighted by Gasteiger charge is -2.26. The van der Waals surface area contributed by atoms with E-state index in [-0.39, 0.29) is 17.6 Å². The largest absolute Gasteiger partial charge is 0.384 e. The number of aromatic nitrogens is 2. The van der Waals surface area contributed by atoms with Gasteiger partial charge in [-0.2, -0.15) is 5.10 Å². The average Bonchev–Trinajstić information content (AvgIpc) is 2.93. The predicted molar refractivity (Wildman–Crippen MR) is 100 cm³/mol. The monoisotopic (exact) mass is 382 g/mol. The van der Waals surface area contributed by atoms with Gasteiger partial charge in [-0.1, -0.05) is 37.6 Å². The van der Waals surface area contributed by atoms with Crippen LogP contribution in [0, 0.1) is 5.82 Å². The van der Waals surface area contributed by atoms with Crippen molar-refractivity contribution in [1.82, 2.24) is 15.1 Å². The highest BCUT2D eigenvalue weighted by atomic mass is 35.5. The number of carbonyl (C=O) groups excluding carboxylic acids is 1. The molecule has 1 aromatic carbocycles. The zero-order valence-electron chi connectivity index (χ0n) is 15.4. The first-order valence-corrected chi connectivity index (χ1v) is 8.63. The molecule has 6 nitrogen and oxygen atoms in total. The Hall–Kier alpha value is -2.12. The Bertz CT molecular complexity index is 777. The van der Waals surface area contributed by atoms with Gasteiger partial charge >= 0.3 is 6.03 Å². The van der Waals surface area contributed by atoms with Crippen molar-refractivity contribution in [2.75, 3.05) is 25.6 Å². The van der Waals surface area contributed by atoms with Crippen molar-refractivity contribution in [3.63, 3.8) is 0 Å². The Morgan fingerprint density at radius 2 is 2.15 bits per heavy atom. The number of nitrogens with zero attached hydrogens (tertiary/aromatic N) is 2. The minimum absolute atomic E-state index is 0.0681. The maximum atomic E-state index is 14.2. The molecule has 1 heterocycles. The van der Waals surface area contributed by atoms with E-state index >= 15 is 0 Å². The third-order valence-electron chi connectivity index (χ3n) is 4.11. The molecule has 2 aromatic rings. The van der Waals surface area contributed by atoms with Gasteiger partial charge in [0.2, 0.25) is 0 Å². The van der Waals surface area contributed by atoms with Crippen LogP contribution in [0.3, 0.4) is 0 Å². The smallest absolute Gasteiger partial charge is 0.320 e. The SMILES string of the molecule is COCCc1cc(NC(=O)NCC(C)(C)c2cccc(Cl)c2F)n(C)n1. The molecule has 2 rings (SSSR count). The molecule has 0 saturated heterocycles. The number of anilines is 1. The summed E-state index contributed by atoms with van der Waals surface area (Å²) in [6.45, 7) is 4.48. The maximum Gasteiger partial charge on any atom is 0.320 e. The zero-order valence-corrected chi connectivity index (χ0v) is 16.2. The molecular formula is C18H24ClFN4O2. The third kappa shape index (κ3) is 4.95. The van der Waals surface area contributed by atoms with Crippen LogP contribution in [0.5, 0.6) is 0 Å². The van der Waals surface area contributed by atoms with Gasteiger partial charge < -0.3 is 10.1 Å². The van der Waals surface area contributed by atoms with Crippen LogP contribution in [-0.2, 0) is 23.6 Å². The van der Waals surface area contributed by atoms with Gasteiger partial charge in [-0.25, -0.2) is 9.18 Å². The Morgan fingerprint density at radius 3 is 2.85 bits per heavy atom. The highest BCUT2D eigenvalue weighted by Crippen LogP contribution is 2.29. The molecule has 0 aliphatic carbocycles. The maximum absolute atomic E-state index is 14.2. The number of hydrogen-bond acceptors (Lipinski definition) is 3. The molecule has 0 bridgehead atoms. The quantitative estimate of drug-likeness (QED) is 0.770. The van der Waals surface area contributed by atoms with E-state index in [9.17, 15) is 9.18 Å². The number of amides is 2. The number of aryl methyl sites for hydroxylation is 1. The molecule has 0 unspecified atom stereocenters. The third-order valence-corrected chi connectivity index (χ3v) is 4.40. The summed E-state index contributed by atoms with van der Waals surface area (Å²) >= 11 is 5.85. The second-order valence-corrected chi connectivity index (χ2v) is 7.09. The zero-order chi connectivity index (χ0) is 19.3. The highest BCUT2D eigenvalue weighted by molar-refractivity contribution is 6.30. The van der Waals surface area contributed by atoms with E-state index in [1.165, 1.54) is 6.07 Å². The molecule has 0 atom stereocenters. The Balaban J connectivity index is 1.98. The molecular weight excluding hydrogens is 359 g/mol. The van der Waals surface area contributed by atoms with Gasteiger partial charge in [-0.3, -0.25) is 10.00 Å². The van der Waals surface area contributed by atoms with Crippen molar-refractivity contribution in [2.45, 2.75) is 25.7 Å². The fourth-order valence-corrected chi connectivity index (χ4v) is 2.73. The highest BCUT2D eigenvalue weighted by Gasteiger charge is 2.26. The van der Waals surface area contributed by atoms with Gasteiger partial charge in [0.25, 0.3) is 0 Å². The van der Waals surface area contributed by atoms with Crippen molar-refractivity contribution < 1.29 is 13.9 Å². The first kappa shape index (κ1) is 20.2. The van der Waals surface area contributed by atoms with Crippen LogP contribution in [0.25, 0.3) is 0 Å². The van der Waals surface area contributed by atoms with Gasteiger partial charge in [0.1, 0.15) is 11.6 Å². The number of methoxy groups -OCH3 is 1. The molecule has 0 aliphatic heterocycles. The van der Waals surface area contributed by atoms with Gasteiger partial charge in [0.05, 0.1) is 17.3 Å². The van der Waals surface area contributed by atoms with Gasteiger partial charge in [0.15, 0.2) is 0 Å². The summed E-state index contributed by atoms with van der Waals surface area (Å²) in [5.74, 6) is 0.108. The summed E-state index contributed by atoms with van der Waals surface area (Å²) in [6, 6.07) is 6.27. The first-order chi connectivity index (χ1) is 12.2. The lowest BCUT2D eigenvalue weighted by atomic mass is 9.84. The second kappa shape index (κ2) is 8.51. The van der Waals surface area contributed by atoms with Crippen LogP contribution in [-0.4, -0.2) is 36.1 Å². The molecule has 1 aromatic heterocycles. The van der Waals surface area contributed by atoms with E-state index in [0.29, 0.717) is 24.4 Å².